The molecule has 0 fully saturated rings. The smallest absolute Gasteiger partial charge is 0.287 e. The zero-order valence-corrected chi connectivity index (χ0v) is 8.64. The Morgan fingerprint density at radius 2 is 2.06 bits per heavy atom. The summed E-state index contributed by atoms with van der Waals surface area (Å²) in [5.74, 6) is 0.0581. The molecule has 4 nitrogen and oxygen atoms in total. The molecule has 1 aromatic heterocycles. The molecule has 0 saturated carbocycles. The van der Waals surface area contributed by atoms with Gasteiger partial charge in [-0.1, -0.05) is 18.2 Å². The van der Waals surface area contributed by atoms with Crippen molar-refractivity contribution in [2.24, 2.45) is 0 Å². The third-order valence-corrected chi connectivity index (χ3v) is 2.24. The minimum Gasteiger partial charge on any atom is -0.459 e. The van der Waals surface area contributed by atoms with Crippen LogP contribution in [0.25, 0.3) is 0 Å². The van der Waals surface area contributed by atoms with Crippen molar-refractivity contribution >= 4 is 11.6 Å². The van der Waals surface area contributed by atoms with Gasteiger partial charge in [-0.25, -0.2) is 0 Å². The van der Waals surface area contributed by atoms with Crippen molar-refractivity contribution in [2.45, 2.75) is 6.54 Å². The van der Waals surface area contributed by atoms with Crippen LogP contribution in [-0.2, 0) is 6.54 Å². The first kappa shape index (κ1) is 10.3. The molecule has 0 bridgehead atoms. The van der Waals surface area contributed by atoms with Gasteiger partial charge in [0.15, 0.2) is 5.76 Å². The van der Waals surface area contributed by atoms with Crippen molar-refractivity contribution in [1.29, 1.82) is 0 Å². The first-order valence-electron chi connectivity index (χ1n) is 4.92. The highest BCUT2D eigenvalue weighted by Crippen LogP contribution is 2.10. The standard InChI is InChI=1S/C12H12N2O2/c13-10-5-2-1-4-9(10)8-14-12(15)11-6-3-7-16-11/h1-7H,8,13H2,(H,14,15). The summed E-state index contributed by atoms with van der Waals surface area (Å²) in [6.45, 7) is 0.395. The summed E-state index contributed by atoms with van der Waals surface area (Å²) < 4.78 is 4.97. The molecular weight excluding hydrogens is 204 g/mol. The maximum absolute atomic E-state index is 11.5. The molecular formula is C12H12N2O2. The van der Waals surface area contributed by atoms with Gasteiger partial charge in [-0.15, -0.1) is 0 Å². The van der Waals surface area contributed by atoms with E-state index in [1.807, 2.05) is 18.2 Å². The highest BCUT2D eigenvalue weighted by Gasteiger charge is 2.07. The molecule has 0 aliphatic carbocycles. The van der Waals surface area contributed by atoms with E-state index >= 15 is 0 Å². The number of rotatable bonds is 3. The number of hydrogen-bond donors (Lipinski definition) is 2. The molecule has 0 unspecified atom stereocenters. The fourth-order valence-corrected chi connectivity index (χ4v) is 1.37. The number of nitrogens with two attached hydrogens (primary N) is 1. The summed E-state index contributed by atoms with van der Waals surface area (Å²) in [6.07, 6.45) is 1.46. The van der Waals surface area contributed by atoms with E-state index in [0.717, 1.165) is 5.56 Å². The van der Waals surface area contributed by atoms with E-state index in [9.17, 15) is 4.79 Å². The highest BCUT2D eigenvalue weighted by atomic mass is 16.3. The monoisotopic (exact) mass is 216 g/mol. The van der Waals surface area contributed by atoms with Crippen LogP contribution in [0.4, 0.5) is 5.69 Å². The Balaban J connectivity index is 1.98. The lowest BCUT2D eigenvalue weighted by molar-refractivity contribution is 0.0923. The van der Waals surface area contributed by atoms with Crippen LogP contribution >= 0.6 is 0 Å². The van der Waals surface area contributed by atoms with Gasteiger partial charge < -0.3 is 15.5 Å². The van der Waals surface area contributed by atoms with E-state index in [4.69, 9.17) is 10.2 Å². The second-order valence-corrected chi connectivity index (χ2v) is 3.36. The molecule has 82 valence electrons. The molecule has 1 aromatic carbocycles. The van der Waals surface area contributed by atoms with Gasteiger partial charge in [0, 0.05) is 12.2 Å². The Bertz CT molecular complexity index is 478. The largest absolute Gasteiger partial charge is 0.459 e. The van der Waals surface area contributed by atoms with Crippen LogP contribution < -0.4 is 11.1 Å². The summed E-state index contributed by atoms with van der Waals surface area (Å²) in [5, 5.41) is 2.73. The molecule has 3 N–H and O–H groups in total. The average molecular weight is 216 g/mol. The molecule has 0 aliphatic rings. The first-order chi connectivity index (χ1) is 7.77. The van der Waals surface area contributed by atoms with Gasteiger partial charge in [0.25, 0.3) is 5.91 Å². The maximum Gasteiger partial charge on any atom is 0.287 e. The third kappa shape index (κ3) is 2.23. The van der Waals surface area contributed by atoms with E-state index in [1.165, 1.54) is 6.26 Å². The third-order valence-electron chi connectivity index (χ3n) is 2.24. The summed E-state index contributed by atoms with van der Waals surface area (Å²) in [6, 6.07) is 10.7. The molecule has 1 amide bonds. The SMILES string of the molecule is Nc1ccccc1CNC(=O)c1ccco1. The quantitative estimate of drug-likeness (QED) is 0.768. The van der Waals surface area contributed by atoms with Crippen LogP contribution in [0, 0.1) is 0 Å². The molecule has 1 heterocycles. The maximum atomic E-state index is 11.5. The van der Waals surface area contributed by atoms with Crippen molar-refractivity contribution in [3.63, 3.8) is 0 Å². The van der Waals surface area contributed by atoms with Gasteiger partial charge in [-0.3, -0.25) is 4.79 Å². The lowest BCUT2D eigenvalue weighted by Gasteiger charge is -2.05. The summed E-state index contributed by atoms with van der Waals surface area (Å²) >= 11 is 0. The van der Waals surface area contributed by atoms with E-state index < -0.39 is 0 Å². The van der Waals surface area contributed by atoms with Crippen LogP contribution in [0.2, 0.25) is 0 Å². The van der Waals surface area contributed by atoms with Crippen LogP contribution in [0.1, 0.15) is 16.1 Å². The van der Waals surface area contributed by atoms with Gasteiger partial charge >= 0.3 is 0 Å². The number of benzene rings is 1. The van der Waals surface area contributed by atoms with E-state index in [0.29, 0.717) is 18.0 Å². The summed E-state index contributed by atoms with van der Waals surface area (Å²) in [5.41, 5.74) is 7.31. The average Bonchev–Trinajstić information content (AvgIpc) is 2.81. The molecule has 16 heavy (non-hydrogen) atoms. The Kier molecular flexibility index (Phi) is 2.91. The molecule has 4 heteroatoms. The fraction of sp³-hybridized carbons (Fsp3) is 0.0833. The van der Waals surface area contributed by atoms with Crippen LogP contribution in [0.15, 0.2) is 47.1 Å². The molecule has 0 radical (unpaired) electrons. The highest BCUT2D eigenvalue weighted by molar-refractivity contribution is 5.91. The van der Waals surface area contributed by atoms with Gasteiger partial charge in [0.05, 0.1) is 6.26 Å². The number of carbonyl (C=O) groups excluding carboxylic acids is 1. The van der Waals surface area contributed by atoms with Crippen molar-refractivity contribution < 1.29 is 9.21 Å². The van der Waals surface area contributed by atoms with Crippen molar-refractivity contribution in [3.05, 3.63) is 54.0 Å². The predicted molar refractivity (Wildman–Crippen MR) is 60.7 cm³/mol. The van der Waals surface area contributed by atoms with Crippen molar-refractivity contribution in [2.75, 3.05) is 5.73 Å². The number of nitrogens with one attached hydrogen (secondary N) is 1. The van der Waals surface area contributed by atoms with Crippen LogP contribution in [-0.4, -0.2) is 5.91 Å². The van der Waals surface area contributed by atoms with E-state index in [2.05, 4.69) is 5.32 Å². The summed E-state index contributed by atoms with van der Waals surface area (Å²) in [4.78, 5) is 11.5. The van der Waals surface area contributed by atoms with Crippen molar-refractivity contribution in [1.82, 2.24) is 5.32 Å². The number of anilines is 1. The number of hydrogen-bond acceptors (Lipinski definition) is 3. The van der Waals surface area contributed by atoms with Gasteiger partial charge in [0.1, 0.15) is 0 Å². The second kappa shape index (κ2) is 4.53. The van der Waals surface area contributed by atoms with Crippen LogP contribution in [0.5, 0.6) is 0 Å². The normalized spacial score (nSPS) is 10.0. The molecule has 0 saturated heterocycles. The second-order valence-electron chi connectivity index (χ2n) is 3.36. The molecule has 0 aliphatic heterocycles. The topological polar surface area (TPSA) is 68.3 Å². The number of amides is 1. The summed E-state index contributed by atoms with van der Waals surface area (Å²) in [7, 11) is 0. The molecule has 2 aromatic rings. The number of nitrogen functional groups attached to an aromatic ring is 1. The first-order valence-corrected chi connectivity index (χ1v) is 4.92. The Labute approximate surface area is 93.1 Å². The Morgan fingerprint density at radius 3 is 2.75 bits per heavy atom. The molecule has 0 atom stereocenters. The number of para-hydroxylation sites is 1. The van der Waals surface area contributed by atoms with Gasteiger partial charge in [-0.2, -0.15) is 0 Å². The zero-order valence-electron chi connectivity index (χ0n) is 8.64. The molecule has 2 rings (SSSR count). The van der Waals surface area contributed by atoms with Crippen LogP contribution in [0.3, 0.4) is 0 Å². The Hall–Kier alpha value is -2.23. The van der Waals surface area contributed by atoms with Gasteiger partial charge in [-0.05, 0) is 23.8 Å². The number of carbonyl (C=O) groups is 1. The number of furan rings is 1. The molecule has 0 spiro atoms. The van der Waals surface area contributed by atoms with Gasteiger partial charge in [0.2, 0.25) is 0 Å². The minimum absolute atomic E-state index is 0.242. The van der Waals surface area contributed by atoms with E-state index in [1.54, 1.807) is 18.2 Å². The van der Waals surface area contributed by atoms with Crippen molar-refractivity contribution in [3.8, 4) is 0 Å². The minimum atomic E-state index is -0.242. The Morgan fingerprint density at radius 1 is 1.25 bits per heavy atom. The lowest BCUT2D eigenvalue weighted by atomic mass is 10.2. The zero-order chi connectivity index (χ0) is 11.4. The fourth-order valence-electron chi connectivity index (χ4n) is 1.37. The van der Waals surface area contributed by atoms with E-state index in [-0.39, 0.29) is 5.91 Å². The lowest BCUT2D eigenvalue weighted by Crippen LogP contribution is -2.22. The predicted octanol–water partition coefficient (Wildman–Crippen LogP) is 1.79.